The maximum atomic E-state index is 12.5. The van der Waals surface area contributed by atoms with E-state index < -0.39 is 0 Å². The summed E-state index contributed by atoms with van der Waals surface area (Å²) in [4.78, 5) is 17.1. The lowest BCUT2D eigenvalue weighted by Crippen LogP contribution is -2.14. The van der Waals surface area contributed by atoms with Crippen LogP contribution in [0.2, 0.25) is 0 Å². The van der Waals surface area contributed by atoms with Gasteiger partial charge in [-0.15, -0.1) is 28.1 Å². The predicted molar refractivity (Wildman–Crippen MR) is 129 cm³/mol. The minimum Gasteiger partial charge on any atom is -0.469 e. The van der Waals surface area contributed by atoms with E-state index in [1.807, 2.05) is 29.0 Å². The van der Waals surface area contributed by atoms with E-state index >= 15 is 0 Å². The number of aromatic nitrogens is 4. The quantitative estimate of drug-likeness (QED) is 0.273. The van der Waals surface area contributed by atoms with Crippen LogP contribution in [0.1, 0.15) is 16.9 Å². The molecule has 4 rings (SSSR count). The summed E-state index contributed by atoms with van der Waals surface area (Å²) >= 11 is 2.73. The van der Waals surface area contributed by atoms with Crippen molar-refractivity contribution in [2.24, 2.45) is 0 Å². The number of aryl methyl sites for hydroxylation is 3. The van der Waals surface area contributed by atoms with E-state index in [9.17, 15) is 4.79 Å². The zero-order valence-electron chi connectivity index (χ0n) is 18.1. The zero-order chi connectivity index (χ0) is 22.7. The van der Waals surface area contributed by atoms with Crippen LogP contribution in [0.4, 0.5) is 5.13 Å². The number of benzene rings is 1. The molecule has 0 saturated carbocycles. The number of thiazole rings is 1. The molecule has 3 aromatic heterocycles. The molecule has 0 aliphatic heterocycles. The average molecular weight is 466 g/mol. The summed E-state index contributed by atoms with van der Waals surface area (Å²) in [5, 5.41) is 14.6. The number of carbonyl (C=O) groups is 1. The molecule has 0 spiro atoms. The fraction of sp³-hybridized carbons (Fsp3) is 0.217. The normalized spacial score (nSPS) is 11.0. The smallest absolute Gasteiger partial charge is 0.236 e. The molecule has 3 heterocycles. The molecule has 7 nitrogen and oxygen atoms in total. The topological polar surface area (TPSA) is 85.8 Å². The van der Waals surface area contributed by atoms with Gasteiger partial charge in [-0.05, 0) is 44.0 Å². The highest BCUT2D eigenvalue weighted by atomic mass is 32.2. The Morgan fingerprint density at radius 2 is 2.09 bits per heavy atom. The van der Waals surface area contributed by atoms with E-state index in [2.05, 4.69) is 53.1 Å². The first-order valence-corrected chi connectivity index (χ1v) is 11.9. The first-order chi connectivity index (χ1) is 15.5. The highest BCUT2D eigenvalue weighted by Gasteiger charge is 2.18. The second-order valence-electron chi connectivity index (χ2n) is 7.27. The van der Waals surface area contributed by atoms with Crippen molar-refractivity contribution in [3.8, 4) is 22.6 Å². The van der Waals surface area contributed by atoms with Crippen LogP contribution in [0.25, 0.3) is 22.6 Å². The Morgan fingerprint density at radius 3 is 2.81 bits per heavy atom. The lowest BCUT2D eigenvalue weighted by atomic mass is 10.1. The summed E-state index contributed by atoms with van der Waals surface area (Å²) in [7, 11) is 0. The van der Waals surface area contributed by atoms with Crippen molar-refractivity contribution in [2.45, 2.75) is 32.5 Å². The van der Waals surface area contributed by atoms with Gasteiger partial charge in [0, 0.05) is 17.5 Å². The van der Waals surface area contributed by atoms with Gasteiger partial charge in [-0.1, -0.05) is 30.0 Å². The number of amides is 1. The Labute approximate surface area is 194 Å². The summed E-state index contributed by atoms with van der Waals surface area (Å²) < 4.78 is 7.31. The maximum absolute atomic E-state index is 12.5. The third kappa shape index (κ3) is 4.68. The van der Waals surface area contributed by atoms with Gasteiger partial charge in [0.05, 0.1) is 23.3 Å². The molecule has 0 saturated heterocycles. The molecule has 1 aromatic carbocycles. The molecule has 0 fully saturated rings. The molecule has 32 heavy (non-hydrogen) atoms. The van der Waals surface area contributed by atoms with Crippen molar-refractivity contribution in [2.75, 3.05) is 11.1 Å². The van der Waals surface area contributed by atoms with Gasteiger partial charge in [0.2, 0.25) is 5.91 Å². The van der Waals surface area contributed by atoms with Gasteiger partial charge in [-0.3, -0.25) is 9.36 Å². The summed E-state index contributed by atoms with van der Waals surface area (Å²) in [5.41, 5.74) is 5.22. The van der Waals surface area contributed by atoms with Crippen LogP contribution in [0.5, 0.6) is 0 Å². The highest BCUT2D eigenvalue weighted by molar-refractivity contribution is 7.99. The number of nitrogens with zero attached hydrogens (tertiary/aromatic N) is 4. The number of anilines is 1. The Hall–Kier alpha value is -3.17. The average Bonchev–Trinajstić information content (AvgIpc) is 3.49. The van der Waals surface area contributed by atoms with Gasteiger partial charge in [0.1, 0.15) is 5.76 Å². The molecule has 0 aliphatic carbocycles. The molecule has 164 valence electrons. The van der Waals surface area contributed by atoms with Gasteiger partial charge in [0.25, 0.3) is 0 Å². The number of nitrogens with one attached hydrogen (secondary N) is 1. The van der Waals surface area contributed by atoms with Crippen molar-refractivity contribution in [1.29, 1.82) is 0 Å². The van der Waals surface area contributed by atoms with Crippen molar-refractivity contribution >= 4 is 34.1 Å². The molecular weight excluding hydrogens is 442 g/mol. The Bertz CT molecular complexity index is 1270. The number of hydrogen-bond donors (Lipinski definition) is 1. The standard InChI is InChI=1S/C23H23N5O2S2/c1-5-9-28-21(18-8-10-30-16(18)4)26-27-23(28)32-13-20(29)25-22-24-19(12-31-22)17-7-6-14(2)15(3)11-17/h5-8,10-12H,1,9,13H2,2-4H3,(H,24,25,29). The van der Waals surface area contributed by atoms with E-state index in [1.165, 1.54) is 34.2 Å². The summed E-state index contributed by atoms with van der Waals surface area (Å²) in [5.74, 6) is 1.50. The second kappa shape index (κ2) is 9.54. The fourth-order valence-corrected chi connectivity index (χ4v) is 4.64. The van der Waals surface area contributed by atoms with Crippen LogP contribution in [0.15, 0.2) is 58.1 Å². The minimum atomic E-state index is -0.148. The van der Waals surface area contributed by atoms with Crippen molar-refractivity contribution in [1.82, 2.24) is 19.7 Å². The first-order valence-electron chi connectivity index (χ1n) is 10.0. The monoisotopic (exact) mass is 465 g/mol. The Morgan fingerprint density at radius 1 is 1.25 bits per heavy atom. The molecule has 0 aliphatic rings. The summed E-state index contributed by atoms with van der Waals surface area (Å²) in [6.45, 7) is 10.4. The molecule has 9 heteroatoms. The summed E-state index contributed by atoms with van der Waals surface area (Å²) in [6.07, 6.45) is 3.40. The molecule has 0 unspecified atom stereocenters. The molecular formula is C23H23N5O2S2. The van der Waals surface area contributed by atoms with Crippen molar-refractivity contribution in [3.05, 3.63) is 65.5 Å². The van der Waals surface area contributed by atoms with Crippen LogP contribution in [0.3, 0.4) is 0 Å². The van der Waals surface area contributed by atoms with E-state index in [-0.39, 0.29) is 11.7 Å². The van der Waals surface area contributed by atoms with Gasteiger partial charge in [0.15, 0.2) is 16.1 Å². The molecule has 1 amide bonds. The third-order valence-electron chi connectivity index (χ3n) is 5.01. The van der Waals surface area contributed by atoms with E-state index in [1.54, 1.807) is 12.3 Å². The molecule has 4 aromatic rings. The zero-order valence-corrected chi connectivity index (χ0v) is 19.7. The lowest BCUT2D eigenvalue weighted by Gasteiger charge is -2.07. The first kappa shape index (κ1) is 22.0. The number of hydrogen-bond acceptors (Lipinski definition) is 7. The number of carbonyl (C=O) groups excluding carboxylic acids is 1. The van der Waals surface area contributed by atoms with Gasteiger partial charge < -0.3 is 9.73 Å². The minimum absolute atomic E-state index is 0.148. The molecule has 0 radical (unpaired) electrons. The predicted octanol–water partition coefficient (Wildman–Crippen LogP) is 5.50. The largest absolute Gasteiger partial charge is 0.469 e. The highest BCUT2D eigenvalue weighted by Crippen LogP contribution is 2.28. The van der Waals surface area contributed by atoms with Crippen LogP contribution in [0, 0.1) is 20.8 Å². The number of furan rings is 1. The van der Waals surface area contributed by atoms with Crippen LogP contribution in [-0.4, -0.2) is 31.4 Å². The van der Waals surface area contributed by atoms with E-state index in [0.717, 1.165) is 22.6 Å². The van der Waals surface area contributed by atoms with Crippen LogP contribution < -0.4 is 5.32 Å². The number of allylic oxidation sites excluding steroid dienone is 1. The Balaban J connectivity index is 1.42. The SMILES string of the molecule is C=CCn1c(SCC(=O)Nc2nc(-c3ccc(C)c(C)c3)cs2)nnc1-c1ccoc1C. The lowest BCUT2D eigenvalue weighted by molar-refractivity contribution is -0.113. The van der Waals surface area contributed by atoms with Crippen molar-refractivity contribution in [3.63, 3.8) is 0 Å². The maximum Gasteiger partial charge on any atom is 0.236 e. The third-order valence-corrected chi connectivity index (χ3v) is 6.74. The number of thioether (sulfide) groups is 1. The molecule has 1 N–H and O–H groups in total. The van der Waals surface area contributed by atoms with E-state index in [4.69, 9.17) is 4.42 Å². The van der Waals surface area contributed by atoms with Gasteiger partial charge in [-0.25, -0.2) is 4.98 Å². The molecule has 0 bridgehead atoms. The Kier molecular flexibility index (Phi) is 6.57. The van der Waals surface area contributed by atoms with Gasteiger partial charge >= 0.3 is 0 Å². The second-order valence-corrected chi connectivity index (χ2v) is 9.07. The van der Waals surface area contributed by atoms with E-state index in [0.29, 0.717) is 22.7 Å². The molecule has 0 atom stereocenters. The van der Waals surface area contributed by atoms with Crippen LogP contribution in [-0.2, 0) is 11.3 Å². The van der Waals surface area contributed by atoms with Gasteiger partial charge in [-0.2, -0.15) is 0 Å². The number of rotatable bonds is 8. The summed E-state index contributed by atoms with van der Waals surface area (Å²) in [6, 6.07) is 8.09. The fourth-order valence-electron chi connectivity index (χ4n) is 3.16. The van der Waals surface area contributed by atoms with Crippen LogP contribution >= 0.6 is 23.1 Å². The van der Waals surface area contributed by atoms with Crippen molar-refractivity contribution < 1.29 is 9.21 Å².